The molecule has 1 N–H and O–H groups in total. The highest BCUT2D eigenvalue weighted by molar-refractivity contribution is 8.00. The number of hydrogen-bond acceptors (Lipinski definition) is 7. The molecule has 2 aliphatic rings. The van der Waals surface area contributed by atoms with E-state index in [-0.39, 0.29) is 29.1 Å². The molecule has 1 fully saturated rings. The first kappa shape index (κ1) is 26.4. The van der Waals surface area contributed by atoms with E-state index >= 15 is 0 Å². The number of fused-ring (bicyclic) bond motifs is 2. The zero-order chi connectivity index (χ0) is 28.0. The maximum atomic E-state index is 13.9. The van der Waals surface area contributed by atoms with Crippen LogP contribution in [0.1, 0.15) is 16.4 Å². The van der Waals surface area contributed by atoms with Gasteiger partial charge in [-0.15, -0.1) is 0 Å². The van der Waals surface area contributed by atoms with Gasteiger partial charge in [-0.25, -0.2) is 4.90 Å². The normalized spacial score (nSPS) is 19.8. The number of anilines is 2. The van der Waals surface area contributed by atoms with Gasteiger partial charge >= 0.3 is 4.87 Å². The fraction of sp³-hybridized carbons (Fsp3) is 0.172. The first-order valence-corrected chi connectivity index (χ1v) is 14.5. The van der Waals surface area contributed by atoms with E-state index < -0.39 is 17.1 Å². The lowest BCUT2D eigenvalue weighted by molar-refractivity contribution is -0.122. The molecular formula is C29H22ClN3O5S2. The van der Waals surface area contributed by atoms with E-state index in [0.717, 1.165) is 16.9 Å². The number of methoxy groups -OCH3 is 1. The average Bonchev–Trinajstić information content (AvgIpc) is 3.40. The molecule has 4 aromatic rings. The monoisotopic (exact) mass is 591 g/mol. The number of ether oxygens (including phenoxy) is 1. The zero-order valence-corrected chi connectivity index (χ0v) is 23.5. The Kier molecular flexibility index (Phi) is 6.99. The van der Waals surface area contributed by atoms with Crippen LogP contribution in [0.15, 0.2) is 88.7 Å². The lowest BCUT2D eigenvalue weighted by atomic mass is 9.83. The number of nitrogens with zero attached hydrogens (tertiary/aromatic N) is 2. The van der Waals surface area contributed by atoms with E-state index in [1.54, 1.807) is 67.8 Å². The number of thioether (sulfide) groups is 1. The smallest absolute Gasteiger partial charge is 0.308 e. The molecule has 6 rings (SSSR count). The summed E-state index contributed by atoms with van der Waals surface area (Å²) >= 11 is 8.22. The van der Waals surface area contributed by atoms with Crippen LogP contribution in [-0.4, -0.2) is 34.6 Å². The number of hydrogen-bond donors (Lipinski definition) is 1. The highest BCUT2D eigenvalue weighted by Gasteiger charge is 2.56. The lowest BCUT2D eigenvalue weighted by Crippen LogP contribution is -2.33. The number of para-hydroxylation sites is 1. The van der Waals surface area contributed by atoms with Crippen LogP contribution in [0, 0.1) is 5.92 Å². The van der Waals surface area contributed by atoms with Gasteiger partial charge in [-0.3, -0.25) is 23.7 Å². The summed E-state index contributed by atoms with van der Waals surface area (Å²) in [7, 11) is 1.57. The van der Waals surface area contributed by atoms with Gasteiger partial charge in [0.25, 0.3) is 0 Å². The number of thiazole rings is 1. The number of carbonyl (C=O) groups is 3. The van der Waals surface area contributed by atoms with Gasteiger partial charge in [-0.05, 0) is 54.1 Å². The van der Waals surface area contributed by atoms with E-state index in [1.807, 2.05) is 18.2 Å². The number of nitrogens with one attached hydrogen (secondary N) is 1. The van der Waals surface area contributed by atoms with Gasteiger partial charge in [0.2, 0.25) is 17.7 Å². The number of benzene rings is 3. The van der Waals surface area contributed by atoms with Crippen molar-refractivity contribution >= 4 is 63.8 Å². The quantitative estimate of drug-likeness (QED) is 0.317. The molecule has 0 spiro atoms. The molecule has 0 aliphatic carbocycles. The van der Waals surface area contributed by atoms with Crippen molar-refractivity contribution < 1.29 is 19.1 Å². The van der Waals surface area contributed by atoms with Crippen LogP contribution in [0.2, 0.25) is 5.02 Å². The number of halogens is 1. The number of amides is 3. The summed E-state index contributed by atoms with van der Waals surface area (Å²) in [5.41, 5.74) is 1.83. The number of carbonyl (C=O) groups excluding carboxylic acids is 3. The Hall–Kier alpha value is -3.86. The fourth-order valence-corrected chi connectivity index (χ4v) is 8.04. The largest absolute Gasteiger partial charge is 0.497 e. The van der Waals surface area contributed by atoms with Gasteiger partial charge in [0.05, 0.1) is 23.7 Å². The van der Waals surface area contributed by atoms with Crippen molar-refractivity contribution in [3.05, 3.63) is 104 Å². The first-order chi connectivity index (χ1) is 19.4. The van der Waals surface area contributed by atoms with Gasteiger partial charge in [0, 0.05) is 21.5 Å². The molecule has 3 atom stereocenters. The third-order valence-corrected chi connectivity index (χ3v) is 9.82. The van der Waals surface area contributed by atoms with Gasteiger partial charge in [0.1, 0.15) is 17.5 Å². The van der Waals surface area contributed by atoms with Crippen LogP contribution in [-0.2, 0) is 20.9 Å². The molecule has 3 unspecified atom stereocenters. The third-order valence-electron chi connectivity index (χ3n) is 6.97. The molecule has 0 saturated carbocycles. The molecule has 0 radical (unpaired) electrons. The maximum absolute atomic E-state index is 13.9. The van der Waals surface area contributed by atoms with Crippen LogP contribution in [0.5, 0.6) is 5.75 Å². The Labute approximate surface area is 242 Å². The molecule has 3 amide bonds. The first-order valence-electron chi connectivity index (χ1n) is 12.4. The molecule has 202 valence electrons. The Morgan fingerprint density at radius 1 is 0.950 bits per heavy atom. The standard InChI is InChI=1S/C29H22ClN3O5S2/c1-38-20-13-7-16(8-14-20)22-23-24(27(36)33(26(23)35)19-11-9-17(30)10-12-19)39-28-25(22)40-29(37)32(28)15-21(34)31-18-5-3-2-4-6-18/h2-14,22-24H,15H2,1H3,(H,31,34). The molecule has 3 heterocycles. The van der Waals surface area contributed by atoms with E-state index in [9.17, 15) is 19.2 Å². The summed E-state index contributed by atoms with van der Waals surface area (Å²) in [5, 5.41) is 3.05. The van der Waals surface area contributed by atoms with Crippen molar-refractivity contribution in [2.75, 3.05) is 17.3 Å². The number of rotatable bonds is 6. The molecule has 1 aromatic heterocycles. The van der Waals surface area contributed by atoms with E-state index in [2.05, 4.69) is 5.32 Å². The lowest BCUT2D eigenvalue weighted by Gasteiger charge is -2.30. The SMILES string of the molecule is COc1ccc(C2c3sc(=O)n(CC(=O)Nc4ccccc4)c3SC3C(=O)N(c4ccc(Cl)cc4)C(=O)C32)cc1. The van der Waals surface area contributed by atoms with Crippen molar-refractivity contribution in [2.24, 2.45) is 5.92 Å². The summed E-state index contributed by atoms with van der Waals surface area (Å²) in [5.74, 6) is -1.73. The van der Waals surface area contributed by atoms with Crippen LogP contribution in [0.3, 0.4) is 0 Å². The molecule has 8 nitrogen and oxygen atoms in total. The van der Waals surface area contributed by atoms with Crippen molar-refractivity contribution in [2.45, 2.75) is 22.7 Å². The van der Waals surface area contributed by atoms with E-state index in [0.29, 0.717) is 32.1 Å². The summed E-state index contributed by atoms with van der Waals surface area (Å²) in [6, 6.07) is 22.8. The number of imide groups is 1. The van der Waals surface area contributed by atoms with Crippen molar-refractivity contribution in [3.8, 4) is 5.75 Å². The summed E-state index contributed by atoms with van der Waals surface area (Å²) in [6.07, 6.45) is 0. The second-order valence-electron chi connectivity index (χ2n) is 9.34. The van der Waals surface area contributed by atoms with Crippen LogP contribution in [0.4, 0.5) is 11.4 Å². The van der Waals surface area contributed by atoms with Crippen LogP contribution in [0.25, 0.3) is 0 Å². The van der Waals surface area contributed by atoms with Gasteiger partial charge in [0.15, 0.2) is 0 Å². The zero-order valence-electron chi connectivity index (χ0n) is 21.1. The van der Waals surface area contributed by atoms with Gasteiger partial charge < -0.3 is 10.1 Å². The minimum absolute atomic E-state index is 0.220. The summed E-state index contributed by atoms with van der Waals surface area (Å²) in [4.78, 5) is 55.4. The van der Waals surface area contributed by atoms with E-state index in [1.165, 1.54) is 21.2 Å². The van der Waals surface area contributed by atoms with Gasteiger partial charge in [-0.1, -0.05) is 65.0 Å². The molecule has 1 saturated heterocycles. The second-order valence-corrected chi connectivity index (χ2v) is 11.9. The molecule has 2 aliphatic heterocycles. The Morgan fingerprint density at radius 3 is 2.33 bits per heavy atom. The van der Waals surface area contributed by atoms with Crippen LogP contribution >= 0.6 is 34.7 Å². The maximum Gasteiger partial charge on any atom is 0.308 e. The average molecular weight is 592 g/mol. The highest BCUT2D eigenvalue weighted by Crippen LogP contribution is 2.54. The predicted molar refractivity (Wildman–Crippen MR) is 156 cm³/mol. The highest BCUT2D eigenvalue weighted by atomic mass is 35.5. The van der Waals surface area contributed by atoms with Gasteiger partial charge in [-0.2, -0.15) is 0 Å². The molecule has 0 bridgehead atoms. The van der Waals surface area contributed by atoms with Crippen LogP contribution < -0.4 is 19.8 Å². The molecular weight excluding hydrogens is 570 g/mol. The van der Waals surface area contributed by atoms with Crippen molar-refractivity contribution in [3.63, 3.8) is 0 Å². The second kappa shape index (κ2) is 10.6. The topological polar surface area (TPSA) is 97.7 Å². The number of aromatic nitrogens is 1. The minimum atomic E-state index is -0.778. The van der Waals surface area contributed by atoms with E-state index in [4.69, 9.17) is 16.3 Å². The molecule has 11 heteroatoms. The Balaban J connectivity index is 1.42. The summed E-state index contributed by atoms with van der Waals surface area (Å²) < 4.78 is 6.71. The molecule has 3 aromatic carbocycles. The summed E-state index contributed by atoms with van der Waals surface area (Å²) in [6.45, 7) is -0.220. The predicted octanol–water partition coefficient (Wildman–Crippen LogP) is 5.01. The molecule has 40 heavy (non-hydrogen) atoms. The minimum Gasteiger partial charge on any atom is -0.497 e. The fourth-order valence-electron chi connectivity index (χ4n) is 5.14. The van der Waals surface area contributed by atoms with Crippen molar-refractivity contribution in [1.82, 2.24) is 4.57 Å². The Bertz CT molecular complexity index is 1670. The Morgan fingerprint density at radius 2 is 1.65 bits per heavy atom. The third kappa shape index (κ3) is 4.61. The van der Waals surface area contributed by atoms with Crippen molar-refractivity contribution in [1.29, 1.82) is 0 Å².